The van der Waals surface area contributed by atoms with E-state index in [0.29, 0.717) is 36.2 Å². The number of carbonyl (C=O) groups is 1. The van der Waals surface area contributed by atoms with Crippen LogP contribution in [0.5, 0.6) is 0 Å². The van der Waals surface area contributed by atoms with Gasteiger partial charge < -0.3 is 10.3 Å². The standard InChI is InChI=1S/C27H28N4O3S/c1-19(20-9-4-2-5-10-20)28-27(32)22-13-8-16-31(18-22)35(33,34)23-14-15-24-25(17-23)30-26(29-24)21-11-6-3-7-12-21/h2-7,9-12,14-15,17,19,22H,8,13,16,18H2,1H3,(H,28,32)(H,29,30)/t19-,22-/m0/s1. The fourth-order valence-electron chi connectivity index (χ4n) is 4.56. The zero-order valence-electron chi connectivity index (χ0n) is 19.5. The number of aromatic nitrogens is 2. The summed E-state index contributed by atoms with van der Waals surface area (Å²) in [6.07, 6.45) is 1.31. The molecule has 7 nitrogen and oxygen atoms in total. The van der Waals surface area contributed by atoms with E-state index in [4.69, 9.17) is 0 Å². The highest BCUT2D eigenvalue weighted by atomic mass is 32.2. The van der Waals surface area contributed by atoms with Crippen molar-refractivity contribution in [2.75, 3.05) is 13.1 Å². The second-order valence-corrected chi connectivity index (χ2v) is 10.9. The van der Waals surface area contributed by atoms with Crippen LogP contribution in [0.25, 0.3) is 22.4 Å². The Hall–Kier alpha value is -3.49. The van der Waals surface area contributed by atoms with Crippen LogP contribution < -0.4 is 5.32 Å². The van der Waals surface area contributed by atoms with Crippen LogP contribution >= 0.6 is 0 Å². The first-order valence-electron chi connectivity index (χ1n) is 11.8. The molecule has 1 fully saturated rings. The smallest absolute Gasteiger partial charge is 0.243 e. The van der Waals surface area contributed by atoms with Crippen LogP contribution in [0, 0.1) is 5.92 Å². The Morgan fingerprint density at radius 2 is 1.77 bits per heavy atom. The predicted octanol–water partition coefficient (Wildman–Crippen LogP) is 4.51. The number of fused-ring (bicyclic) bond motifs is 1. The van der Waals surface area contributed by atoms with Crippen LogP contribution in [0.1, 0.15) is 31.4 Å². The Morgan fingerprint density at radius 3 is 2.51 bits per heavy atom. The van der Waals surface area contributed by atoms with Gasteiger partial charge in [-0.05, 0) is 43.5 Å². The molecule has 5 rings (SSSR count). The zero-order valence-corrected chi connectivity index (χ0v) is 20.3. The lowest BCUT2D eigenvalue weighted by molar-refractivity contribution is -0.126. The van der Waals surface area contributed by atoms with Crippen molar-refractivity contribution < 1.29 is 13.2 Å². The second kappa shape index (κ2) is 9.64. The molecule has 8 heteroatoms. The first-order valence-corrected chi connectivity index (χ1v) is 13.3. The third-order valence-electron chi connectivity index (χ3n) is 6.55. The van der Waals surface area contributed by atoms with Crippen LogP contribution in [0.2, 0.25) is 0 Å². The maximum Gasteiger partial charge on any atom is 0.243 e. The quantitative estimate of drug-likeness (QED) is 0.418. The van der Waals surface area contributed by atoms with Crippen LogP contribution in [0.4, 0.5) is 0 Å². The number of hydrogen-bond donors (Lipinski definition) is 2. The van der Waals surface area contributed by atoms with Crippen molar-refractivity contribution >= 4 is 27.0 Å². The highest BCUT2D eigenvalue weighted by molar-refractivity contribution is 7.89. The highest BCUT2D eigenvalue weighted by Crippen LogP contribution is 2.28. The molecule has 1 aromatic heterocycles. The molecule has 0 bridgehead atoms. The molecule has 0 saturated carbocycles. The van der Waals surface area contributed by atoms with Crippen molar-refractivity contribution in [2.45, 2.75) is 30.7 Å². The lowest BCUT2D eigenvalue weighted by atomic mass is 9.98. The average molecular weight is 489 g/mol. The number of imidazole rings is 1. The number of H-pyrrole nitrogens is 1. The van der Waals surface area contributed by atoms with E-state index in [1.54, 1.807) is 18.2 Å². The van der Waals surface area contributed by atoms with Gasteiger partial charge in [-0.15, -0.1) is 0 Å². The Bertz CT molecular complexity index is 1440. The molecule has 1 amide bonds. The molecule has 1 saturated heterocycles. The lowest BCUT2D eigenvalue weighted by Gasteiger charge is -2.32. The van der Waals surface area contributed by atoms with Gasteiger partial charge in [-0.2, -0.15) is 4.31 Å². The number of piperidine rings is 1. The van der Waals surface area contributed by atoms with Crippen molar-refractivity contribution in [3.05, 3.63) is 84.4 Å². The topological polar surface area (TPSA) is 95.2 Å². The molecule has 2 N–H and O–H groups in total. The molecule has 35 heavy (non-hydrogen) atoms. The van der Waals surface area contributed by atoms with Gasteiger partial charge in [0.05, 0.1) is 27.9 Å². The molecule has 0 aliphatic carbocycles. The first-order chi connectivity index (χ1) is 16.9. The summed E-state index contributed by atoms with van der Waals surface area (Å²) in [7, 11) is -3.75. The summed E-state index contributed by atoms with van der Waals surface area (Å²) < 4.78 is 28.4. The number of hydrogen-bond acceptors (Lipinski definition) is 4. The van der Waals surface area contributed by atoms with Crippen molar-refractivity contribution in [1.82, 2.24) is 19.6 Å². The summed E-state index contributed by atoms with van der Waals surface area (Å²) in [4.78, 5) is 21.0. The van der Waals surface area contributed by atoms with Crippen LogP contribution in [-0.2, 0) is 14.8 Å². The minimum Gasteiger partial charge on any atom is -0.349 e. The average Bonchev–Trinajstić information content (AvgIpc) is 3.33. The van der Waals surface area contributed by atoms with Crippen molar-refractivity contribution in [3.63, 3.8) is 0 Å². The van der Waals surface area contributed by atoms with Gasteiger partial charge >= 0.3 is 0 Å². The maximum atomic E-state index is 13.5. The third kappa shape index (κ3) is 4.85. The molecule has 3 aromatic carbocycles. The Kier molecular flexibility index (Phi) is 6.40. The fourth-order valence-corrected chi connectivity index (χ4v) is 6.11. The normalized spacial score (nSPS) is 17.8. The first kappa shape index (κ1) is 23.3. The molecule has 0 radical (unpaired) electrons. The van der Waals surface area contributed by atoms with Gasteiger partial charge in [0.15, 0.2) is 0 Å². The zero-order chi connectivity index (χ0) is 24.4. The molecule has 0 spiro atoms. The van der Waals surface area contributed by atoms with Gasteiger partial charge in [0.2, 0.25) is 15.9 Å². The monoisotopic (exact) mass is 488 g/mol. The van der Waals surface area contributed by atoms with Crippen LogP contribution in [-0.4, -0.2) is 41.7 Å². The van der Waals surface area contributed by atoms with E-state index in [-0.39, 0.29) is 29.3 Å². The van der Waals surface area contributed by atoms with Crippen molar-refractivity contribution in [3.8, 4) is 11.4 Å². The fraction of sp³-hybridized carbons (Fsp3) is 0.259. The number of amides is 1. The summed E-state index contributed by atoms with van der Waals surface area (Å²) in [5.41, 5.74) is 3.31. The van der Waals surface area contributed by atoms with E-state index in [1.807, 2.05) is 67.6 Å². The second-order valence-electron chi connectivity index (χ2n) is 8.97. The molecule has 2 heterocycles. The summed E-state index contributed by atoms with van der Waals surface area (Å²) in [6.45, 7) is 2.51. The molecule has 2 atom stereocenters. The van der Waals surface area contributed by atoms with Gasteiger partial charge in [-0.1, -0.05) is 60.7 Å². The highest BCUT2D eigenvalue weighted by Gasteiger charge is 2.34. The summed E-state index contributed by atoms with van der Waals surface area (Å²) in [6, 6.07) is 24.3. The summed E-state index contributed by atoms with van der Waals surface area (Å²) in [5.74, 6) is 0.195. The number of aromatic amines is 1. The van der Waals surface area contributed by atoms with Gasteiger partial charge in [-0.3, -0.25) is 4.79 Å². The van der Waals surface area contributed by atoms with E-state index in [9.17, 15) is 13.2 Å². The Labute approximate surface area is 205 Å². The summed E-state index contributed by atoms with van der Waals surface area (Å²) in [5, 5.41) is 3.05. The van der Waals surface area contributed by atoms with Crippen LogP contribution in [0.3, 0.4) is 0 Å². The number of sulfonamides is 1. The predicted molar refractivity (Wildman–Crippen MR) is 136 cm³/mol. The molecule has 0 unspecified atom stereocenters. The SMILES string of the molecule is C[C@H](NC(=O)[C@H]1CCCN(S(=O)(=O)c2ccc3nc(-c4ccccc4)[nH]c3c2)C1)c1ccccc1. The lowest BCUT2D eigenvalue weighted by Crippen LogP contribution is -2.45. The van der Waals surface area contributed by atoms with Gasteiger partial charge in [0, 0.05) is 18.7 Å². The van der Waals surface area contributed by atoms with E-state index >= 15 is 0 Å². The number of carbonyl (C=O) groups excluding carboxylic acids is 1. The Balaban J connectivity index is 1.33. The number of rotatable bonds is 6. The van der Waals surface area contributed by atoms with E-state index in [0.717, 1.165) is 11.1 Å². The number of nitrogens with zero attached hydrogens (tertiary/aromatic N) is 2. The van der Waals surface area contributed by atoms with Crippen LogP contribution in [0.15, 0.2) is 83.8 Å². The van der Waals surface area contributed by atoms with Gasteiger partial charge in [0.1, 0.15) is 5.82 Å². The minimum atomic E-state index is -3.75. The molecule has 1 aliphatic rings. The molecular weight excluding hydrogens is 460 g/mol. The maximum absolute atomic E-state index is 13.5. The van der Waals surface area contributed by atoms with E-state index in [2.05, 4.69) is 15.3 Å². The number of nitrogens with one attached hydrogen (secondary N) is 2. The summed E-state index contributed by atoms with van der Waals surface area (Å²) >= 11 is 0. The molecule has 180 valence electrons. The largest absolute Gasteiger partial charge is 0.349 e. The molecule has 4 aromatic rings. The molecular formula is C27H28N4O3S. The minimum absolute atomic E-state index is 0.113. The van der Waals surface area contributed by atoms with E-state index in [1.165, 1.54) is 4.31 Å². The third-order valence-corrected chi connectivity index (χ3v) is 8.41. The van der Waals surface area contributed by atoms with E-state index < -0.39 is 10.0 Å². The Morgan fingerprint density at radius 1 is 1.06 bits per heavy atom. The molecule has 1 aliphatic heterocycles. The van der Waals surface area contributed by atoms with Gasteiger partial charge in [0.25, 0.3) is 0 Å². The van der Waals surface area contributed by atoms with Crippen molar-refractivity contribution in [2.24, 2.45) is 5.92 Å². The number of benzene rings is 3. The van der Waals surface area contributed by atoms with Gasteiger partial charge in [-0.25, -0.2) is 13.4 Å². The van der Waals surface area contributed by atoms with Crippen molar-refractivity contribution in [1.29, 1.82) is 0 Å².